The van der Waals surface area contributed by atoms with Crippen molar-refractivity contribution in [1.82, 2.24) is 29.4 Å². The molecule has 3 aromatic heterocycles. The zero-order valence-electron chi connectivity index (χ0n) is 17.3. The van der Waals surface area contributed by atoms with Crippen molar-refractivity contribution in [1.29, 1.82) is 0 Å². The Morgan fingerprint density at radius 2 is 2.03 bits per heavy atom. The van der Waals surface area contributed by atoms with Gasteiger partial charge in [0.25, 0.3) is 5.91 Å². The van der Waals surface area contributed by atoms with Crippen LogP contribution in [0.25, 0.3) is 11.2 Å². The Morgan fingerprint density at radius 1 is 1.16 bits per heavy atom. The van der Waals surface area contributed by atoms with E-state index in [4.69, 9.17) is 0 Å². The van der Waals surface area contributed by atoms with Gasteiger partial charge in [-0.05, 0) is 38.3 Å². The molecular weight excluding hydrogens is 396 g/mol. The van der Waals surface area contributed by atoms with E-state index in [2.05, 4.69) is 30.6 Å². The summed E-state index contributed by atoms with van der Waals surface area (Å²) in [6, 6.07) is 5.40. The quantitative estimate of drug-likeness (QED) is 0.625. The second-order valence-corrected chi connectivity index (χ2v) is 7.93. The van der Waals surface area contributed by atoms with Gasteiger partial charge in [-0.1, -0.05) is 6.07 Å². The van der Waals surface area contributed by atoms with Crippen LogP contribution in [0.4, 0.5) is 11.6 Å². The lowest BCUT2D eigenvalue weighted by molar-refractivity contribution is -0.131. The number of aryl methyl sites for hydroxylation is 1. The molecule has 2 amide bonds. The number of nitrogens with zero attached hydrogens (tertiary/aromatic N) is 6. The molecule has 2 fully saturated rings. The van der Waals surface area contributed by atoms with Crippen molar-refractivity contribution in [2.24, 2.45) is 5.92 Å². The molecule has 0 radical (unpaired) electrons. The van der Waals surface area contributed by atoms with Gasteiger partial charge in [0.05, 0.1) is 0 Å². The standard InChI is InChI=1S/C21H24N8O2/c1-2-29-18-16(27-19(29)20(30)26-15-5-3-4-9-22-15)17(23-12-24-18)25-14-8-10-28(11-14)21(31)13-6-7-13/h3-5,9,12-14H,2,6-8,10-11H2,1H3,(H,22,26,30)(H,23,24,25)/t14-/m0/s1. The molecule has 2 aliphatic rings. The molecule has 0 unspecified atom stereocenters. The van der Waals surface area contributed by atoms with E-state index in [0.717, 1.165) is 25.8 Å². The number of imidazole rings is 1. The number of hydrogen-bond acceptors (Lipinski definition) is 7. The van der Waals surface area contributed by atoms with E-state index in [0.29, 0.717) is 35.9 Å². The molecule has 2 N–H and O–H groups in total. The van der Waals surface area contributed by atoms with Crippen molar-refractivity contribution in [3.63, 3.8) is 0 Å². The van der Waals surface area contributed by atoms with E-state index in [-0.39, 0.29) is 29.6 Å². The molecule has 0 spiro atoms. The van der Waals surface area contributed by atoms with Gasteiger partial charge in [-0.25, -0.2) is 19.9 Å². The number of aromatic nitrogens is 5. The van der Waals surface area contributed by atoms with E-state index in [9.17, 15) is 9.59 Å². The number of rotatable bonds is 6. The molecule has 1 aliphatic carbocycles. The third kappa shape index (κ3) is 3.80. The third-order valence-electron chi connectivity index (χ3n) is 5.73. The van der Waals surface area contributed by atoms with Crippen molar-refractivity contribution in [2.45, 2.75) is 38.8 Å². The minimum Gasteiger partial charge on any atom is -0.364 e. The Hall–Kier alpha value is -3.56. The van der Waals surface area contributed by atoms with Crippen molar-refractivity contribution >= 4 is 34.6 Å². The molecule has 3 aromatic rings. The number of nitrogens with one attached hydrogen (secondary N) is 2. The SMILES string of the molecule is CCn1c(C(=O)Nc2ccccn2)nc2c(N[C@H]3CCN(C(=O)C4CC4)C3)ncnc21. The molecule has 160 valence electrons. The molecule has 10 heteroatoms. The number of hydrogen-bond donors (Lipinski definition) is 2. The second kappa shape index (κ2) is 7.93. The first-order valence-electron chi connectivity index (χ1n) is 10.6. The maximum Gasteiger partial charge on any atom is 0.292 e. The highest BCUT2D eigenvalue weighted by molar-refractivity contribution is 6.03. The molecule has 10 nitrogen and oxygen atoms in total. The smallest absolute Gasteiger partial charge is 0.292 e. The van der Waals surface area contributed by atoms with Gasteiger partial charge >= 0.3 is 0 Å². The van der Waals surface area contributed by atoms with Crippen LogP contribution in [0.2, 0.25) is 0 Å². The number of likely N-dealkylation sites (tertiary alicyclic amines) is 1. The zero-order chi connectivity index (χ0) is 21.4. The minimum absolute atomic E-state index is 0.0957. The van der Waals surface area contributed by atoms with Crippen LogP contribution in [0.1, 0.15) is 36.8 Å². The largest absolute Gasteiger partial charge is 0.364 e. The van der Waals surface area contributed by atoms with Gasteiger partial charge in [0.1, 0.15) is 12.1 Å². The topological polar surface area (TPSA) is 118 Å². The molecule has 1 saturated carbocycles. The summed E-state index contributed by atoms with van der Waals surface area (Å²) in [7, 11) is 0. The number of amides is 2. The molecule has 1 aliphatic heterocycles. The number of anilines is 2. The predicted octanol–water partition coefficient (Wildman–Crippen LogP) is 1.92. The van der Waals surface area contributed by atoms with Crippen LogP contribution in [-0.4, -0.2) is 60.3 Å². The Bertz CT molecular complexity index is 1130. The van der Waals surface area contributed by atoms with Gasteiger partial charge in [-0.15, -0.1) is 0 Å². The minimum atomic E-state index is -0.355. The molecule has 4 heterocycles. The summed E-state index contributed by atoms with van der Waals surface area (Å²) in [6.07, 6.45) is 5.97. The van der Waals surface area contributed by atoms with Gasteiger partial charge < -0.3 is 20.1 Å². The summed E-state index contributed by atoms with van der Waals surface area (Å²) in [5.74, 6) is 1.42. The summed E-state index contributed by atoms with van der Waals surface area (Å²) in [6.45, 7) is 3.88. The van der Waals surface area contributed by atoms with Crippen LogP contribution in [0.15, 0.2) is 30.7 Å². The number of carbonyl (C=O) groups excluding carboxylic acids is 2. The Morgan fingerprint density at radius 3 is 2.77 bits per heavy atom. The van der Waals surface area contributed by atoms with Crippen LogP contribution < -0.4 is 10.6 Å². The molecule has 0 bridgehead atoms. The first kappa shape index (κ1) is 19.4. The number of carbonyl (C=O) groups is 2. The maximum absolute atomic E-state index is 12.9. The van der Waals surface area contributed by atoms with Gasteiger partial charge in [0.2, 0.25) is 11.7 Å². The van der Waals surface area contributed by atoms with Gasteiger partial charge in [0, 0.05) is 37.8 Å². The molecular formula is C21H24N8O2. The Kier molecular flexibility index (Phi) is 4.97. The normalized spacial score (nSPS) is 18.4. The van der Waals surface area contributed by atoms with Gasteiger partial charge in [0.15, 0.2) is 17.0 Å². The van der Waals surface area contributed by atoms with E-state index < -0.39 is 0 Å². The highest BCUT2D eigenvalue weighted by Gasteiger charge is 2.36. The highest BCUT2D eigenvalue weighted by atomic mass is 16.2. The summed E-state index contributed by atoms with van der Waals surface area (Å²) >= 11 is 0. The van der Waals surface area contributed by atoms with E-state index in [1.54, 1.807) is 29.0 Å². The van der Waals surface area contributed by atoms with Crippen LogP contribution in [0, 0.1) is 5.92 Å². The Labute approximate surface area is 179 Å². The predicted molar refractivity (Wildman–Crippen MR) is 115 cm³/mol. The van der Waals surface area contributed by atoms with Crippen LogP contribution in [0.3, 0.4) is 0 Å². The first-order valence-corrected chi connectivity index (χ1v) is 10.6. The lowest BCUT2D eigenvalue weighted by Crippen LogP contribution is -2.32. The number of pyridine rings is 1. The van der Waals surface area contributed by atoms with Crippen molar-refractivity contribution in [3.8, 4) is 0 Å². The zero-order valence-corrected chi connectivity index (χ0v) is 17.3. The Balaban J connectivity index is 1.38. The van der Waals surface area contributed by atoms with Gasteiger partial charge in [-0.2, -0.15) is 0 Å². The average molecular weight is 420 g/mol. The third-order valence-corrected chi connectivity index (χ3v) is 5.73. The molecule has 5 rings (SSSR count). The van der Waals surface area contributed by atoms with E-state index >= 15 is 0 Å². The number of fused-ring (bicyclic) bond motifs is 1. The summed E-state index contributed by atoms with van der Waals surface area (Å²) < 4.78 is 1.76. The fourth-order valence-corrected chi connectivity index (χ4v) is 3.98. The summed E-state index contributed by atoms with van der Waals surface area (Å²) in [4.78, 5) is 44.6. The monoisotopic (exact) mass is 420 g/mol. The van der Waals surface area contributed by atoms with E-state index in [1.807, 2.05) is 11.8 Å². The summed E-state index contributed by atoms with van der Waals surface area (Å²) in [5.41, 5.74) is 1.14. The van der Waals surface area contributed by atoms with Crippen molar-refractivity contribution < 1.29 is 9.59 Å². The molecule has 1 atom stereocenters. The fourth-order valence-electron chi connectivity index (χ4n) is 3.98. The first-order chi connectivity index (χ1) is 15.1. The molecule has 31 heavy (non-hydrogen) atoms. The van der Waals surface area contributed by atoms with Crippen molar-refractivity contribution in [3.05, 3.63) is 36.5 Å². The maximum atomic E-state index is 12.9. The summed E-state index contributed by atoms with van der Waals surface area (Å²) in [5, 5.41) is 6.19. The average Bonchev–Trinajstić information content (AvgIpc) is 3.41. The lowest BCUT2D eigenvalue weighted by Gasteiger charge is -2.17. The van der Waals surface area contributed by atoms with Crippen LogP contribution in [-0.2, 0) is 11.3 Å². The highest BCUT2D eigenvalue weighted by Crippen LogP contribution is 2.32. The molecule has 0 aromatic carbocycles. The molecule has 1 saturated heterocycles. The lowest BCUT2D eigenvalue weighted by atomic mass is 10.2. The van der Waals surface area contributed by atoms with Crippen molar-refractivity contribution in [2.75, 3.05) is 23.7 Å². The van der Waals surface area contributed by atoms with Crippen LogP contribution >= 0.6 is 0 Å². The van der Waals surface area contributed by atoms with Gasteiger partial charge in [-0.3, -0.25) is 9.59 Å². The van der Waals surface area contributed by atoms with Crippen LogP contribution in [0.5, 0.6) is 0 Å². The fraction of sp³-hybridized carbons (Fsp3) is 0.429. The second-order valence-electron chi connectivity index (χ2n) is 7.93. The van der Waals surface area contributed by atoms with E-state index in [1.165, 1.54) is 6.33 Å².